The van der Waals surface area contributed by atoms with E-state index in [2.05, 4.69) is 4.84 Å². The lowest BCUT2D eigenvalue weighted by Gasteiger charge is -1.97. The topological polar surface area (TPSA) is 164 Å². The molecule has 0 saturated carbocycles. The van der Waals surface area contributed by atoms with Gasteiger partial charge in [-0.25, -0.2) is 9.59 Å². The van der Waals surface area contributed by atoms with Gasteiger partial charge in [-0.05, 0) is 12.8 Å². The SMILES string of the molecule is O=C(O)C=CC(=O)O.O=C(O)CCCCCO[N+](=O)[O-]. The Morgan fingerprint density at radius 2 is 1.50 bits per heavy atom. The summed E-state index contributed by atoms with van der Waals surface area (Å²) >= 11 is 0. The molecule has 114 valence electrons. The first-order valence-corrected chi connectivity index (χ1v) is 5.38. The first-order valence-electron chi connectivity index (χ1n) is 5.38. The number of carbonyl (C=O) groups is 3. The summed E-state index contributed by atoms with van der Waals surface area (Å²) in [4.78, 5) is 42.8. The van der Waals surface area contributed by atoms with Crippen molar-refractivity contribution in [2.45, 2.75) is 25.7 Å². The van der Waals surface area contributed by atoms with E-state index in [-0.39, 0.29) is 13.0 Å². The van der Waals surface area contributed by atoms with Gasteiger partial charge in [-0.2, -0.15) is 0 Å². The molecule has 0 atom stereocenters. The van der Waals surface area contributed by atoms with Crippen LogP contribution in [0.3, 0.4) is 0 Å². The van der Waals surface area contributed by atoms with E-state index in [1.54, 1.807) is 0 Å². The van der Waals surface area contributed by atoms with E-state index < -0.39 is 23.0 Å². The zero-order valence-electron chi connectivity index (χ0n) is 10.4. The normalized spacial score (nSPS) is 9.40. The largest absolute Gasteiger partial charge is 0.481 e. The van der Waals surface area contributed by atoms with Gasteiger partial charge in [0.15, 0.2) is 0 Å². The minimum atomic E-state index is -1.26. The lowest BCUT2D eigenvalue weighted by molar-refractivity contribution is -0.757. The van der Waals surface area contributed by atoms with Gasteiger partial charge in [0.2, 0.25) is 0 Å². The van der Waals surface area contributed by atoms with Crippen LogP contribution in [0.1, 0.15) is 25.7 Å². The third-order valence-corrected chi connectivity index (χ3v) is 1.60. The van der Waals surface area contributed by atoms with Crippen molar-refractivity contribution < 1.29 is 39.6 Å². The van der Waals surface area contributed by atoms with Crippen molar-refractivity contribution in [3.63, 3.8) is 0 Å². The first kappa shape index (κ1) is 19.7. The van der Waals surface area contributed by atoms with Crippen LogP contribution in [-0.2, 0) is 19.2 Å². The van der Waals surface area contributed by atoms with E-state index in [1.165, 1.54) is 0 Å². The quantitative estimate of drug-likeness (QED) is 0.238. The molecule has 0 aromatic rings. The molecule has 10 nitrogen and oxygen atoms in total. The highest BCUT2D eigenvalue weighted by Gasteiger charge is 1.97. The number of nitrogens with zero attached hydrogens (tertiary/aromatic N) is 1. The molecular weight excluding hydrogens is 278 g/mol. The average Bonchev–Trinajstić information content (AvgIpc) is 2.31. The van der Waals surface area contributed by atoms with E-state index in [0.29, 0.717) is 31.4 Å². The fourth-order valence-electron chi connectivity index (χ4n) is 0.837. The molecule has 0 spiro atoms. The molecule has 0 saturated heterocycles. The van der Waals surface area contributed by atoms with Crippen LogP contribution in [0, 0.1) is 10.1 Å². The third kappa shape index (κ3) is 24.5. The third-order valence-electron chi connectivity index (χ3n) is 1.60. The van der Waals surface area contributed by atoms with Gasteiger partial charge in [-0.1, -0.05) is 6.42 Å². The minimum absolute atomic E-state index is 0.0482. The molecule has 0 aromatic heterocycles. The molecule has 0 aliphatic carbocycles. The Kier molecular flexibility index (Phi) is 12.6. The van der Waals surface area contributed by atoms with Gasteiger partial charge in [0, 0.05) is 18.6 Å². The molecule has 0 heterocycles. The maximum Gasteiger partial charge on any atom is 0.328 e. The second-order valence-corrected chi connectivity index (χ2v) is 3.27. The van der Waals surface area contributed by atoms with Gasteiger partial charge in [0.25, 0.3) is 5.09 Å². The highest BCUT2D eigenvalue weighted by atomic mass is 16.9. The summed E-state index contributed by atoms with van der Waals surface area (Å²) in [5.74, 6) is -3.36. The predicted molar refractivity (Wildman–Crippen MR) is 63.5 cm³/mol. The fourth-order valence-corrected chi connectivity index (χ4v) is 0.837. The van der Waals surface area contributed by atoms with Crippen molar-refractivity contribution in [2.75, 3.05) is 6.61 Å². The highest BCUT2D eigenvalue weighted by Crippen LogP contribution is 1.99. The Labute approximate surface area is 113 Å². The Bertz CT molecular complexity index is 330. The average molecular weight is 293 g/mol. The standard InChI is InChI=1S/C6H11NO5.C4H4O4/c8-6(9)4-2-1-3-5-12-7(10)11;5-3(6)1-2-4(7)8/h1-5H2,(H,8,9);1-2H,(H,5,6)(H,7,8). The zero-order chi connectivity index (χ0) is 16.0. The lowest BCUT2D eigenvalue weighted by Crippen LogP contribution is -2.02. The van der Waals surface area contributed by atoms with Gasteiger partial charge in [-0.15, -0.1) is 10.1 Å². The molecule has 0 aromatic carbocycles. The maximum atomic E-state index is 10.0. The van der Waals surface area contributed by atoms with Gasteiger partial charge >= 0.3 is 17.9 Å². The molecule has 0 aliphatic rings. The van der Waals surface area contributed by atoms with Crippen LogP contribution >= 0.6 is 0 Å². The predicted octanol–water partition coefficient (Wildman–Crippen LogP) is 0.551. The molecule has 3 N–H and O–H groups in total. The summed E-state index contributed by atoms with van der Waals surface area (Å²) in [6.45, 7) is 0.0482. The van der Waals surface area contributed by atoms with Crippen LogP contribution in [0.4, 0.5) is 0 Å². The lowest BCUT2D eigenvalue weighted by atomic mass is 10.2. The zero-order valence-corrected chi connectivity index (χ0v) is 10.4. The molecule has 0 amide bonds. The van der Waals surface area contributed by atoms with Gasteiger partial charge in [0.1, 0.15) is 0 Å². The molecule has 0 fully saturated rings. The Morgan fingerprint density at radius 3 is 1.85 bits per heavy atom. The highest BCUT2D eigenvalue weighted by molar-refractivity contribution is 5.89. The number of hydrogen-bond acceptors (Lipinski definition) is 6. The van der Waals surface area contributed by atoms with Crippen molar-refractivity contribution in [3.8, 4) is 0 Å². The molecular formula is C10H15NO9. The van der Waals surface area contributed by atoms with Crippen LogP contribution in [0.2, 0.25) is 0 Å². The number of aliphatic carboxylic acids is 3. The minimum Gasteiger partial charge on any atom is -0.481 e. The summed E-state index contributed by atoms with van der Waals surface area (Å²) in [6, 6.07) is 0. The molecule has 0 radical (unpaired) electrons. The number of hydrogen-bond donors (Lipinski definition) is 3. The van der Waals surface area contributed by atoms with Crippen molar-refractivity contribution in [3.05, 3.63) is 22.3 Å². The van der Waals surface area contributed by atoms with E-state index in [4.69, 9.17) is 15.3 Å². The van der Waals surface area contributed by atoms with Gasteiger partial charge in [0.05, 0.1) is 6.61 Å². The second-order valence-electron chi connectivity index (χ2n) is 3.27. The summed E-state index contributed by atoms with van der Waals surface area (Å²) in [5.41, 5.74) is 0. The number of carboxylic acids is 3. The van der Waals surface area contributed by atoms with Gasteiger partial charge < -0.3 is 20.2 Å². The fraction of sp³-hybridized carbons (Fsp3) is 0.500. The van der Waals surface area contributed by atoms with Crippen molar-refractivity contribution in [1.82, 2.24) is 0 Å². The molecule has 0 rings (SSSR count). The Morgan fingerprint density at radius 1 is 1.00 bits per heavy atom. The van der Waals surface area contributed by atoms with Crippen LogP contribution in [0.25, 0.3) is 0 Å². The Hall–Kier alpha value is -2.65. The van der Waals surface area contributed by atoms with E-state index >= 15 is 0 Å². The van der Waals surface area contributed by atoms with Gasteiger partial charge in [-0.3, -0.25) is 4.79 Å². The molecule has 20 heavy (non-hydrogen) atoms. The summed E-state index contributed by atoms with van der Waals surface area (Å²) < 4.78 is 0. The summed E-state index contributed by atoms with van der Waals surface area (Å²) in [6.07, 6.45) is 2.92. The van der Waals surface area contributed by atoms with Crippen LogP contribution in [-0.4, -0.2) is 44.9 Å². The molecule has 0 aliphatic heterocycles. The van der Waals surface area contributed by atoms with Crippen molar-refractivity contribution in [2.24, 2.45) is 0 Å². The number of rotatable bonds is 9. The maximum absolute atomic E-state index is 10.0. The molecule has 0 unspecified atom stereocenters. The van der Waals surface area contributed by atoms with E-state index in [9.17, 15) is 24.5 Å². The van der Waals surface area contributed by atoms with E-state index in [1.807, 2.05) is 0 Å². The van der Waals surface area contributed by atoms with Crippen LogP contribution < -0.4 is 0 Å². The van der Waals surface area contributed by atoms with E-state index in [0.717, 1.165) is 0 Å². The molecule has 0 bridgehead atoms. The summed E-state index contributed by atoms with van der Waals surface area (Å²) in [5, 5.41) is 32.6. The second kappa shape index (κ2) is 12.8. The number of carboxylic acid groups (broad SMARTS) is 3. The first-order chi connectivity index (χ1) is 9.25. The summed E-state index contributed by atoms with van der Waals surface area (Å²) in [7, 11) is 0. The number of unbranched alkanes of at least 4 members (excludes halogenated alkanes) is 2. The van der Waals surface area contributed by atoms with Crippen LogP contribution in [0.15, 0.2) is 12.2 Å². The molecule has 10 heteroatoms. The monoisotopic (exact) mass is 293 g/mol. The smallest absolute Gasteiger partial charge is 0.328 e. The van der Waals surface area contributed by atoms with Crippen molar-refractivity contribution >= 4 is 17.9 Å². The Balaban J connectivity index is 0. The van der Waals surface area contributed by atoms with Crippen molar-refractivity contribution in [1.29, 1.82) is 0 Å². The van der Waals surface area contributed by atoms with Crippen LogP contribution in [0.5, 0.6) is 0 Å².